The molecule has 2 N–H and O–H groups in total. The molecule has 0 aromatic heterocycles. The highest BCUT2D eigenvalue weighted by molar-refractivity contribution is 6.36. The smallest absolute Gasteiger partial charge is 0.292 e. The van der Waals surface area contributed by atoms with E-state index < -0.39 is 0 Å². The molecule has 1 heterocycles. The van der Waals surface area contributed by atoms with Crippen LogP contribution in [-0.4, -0.2) is 23.9 Å². The van der Waals surface area contributed by atoms with Gasteiger partial charge in [0, 0.05) is 0 Å². The molecule has 1 saturated heterocycles. The van der Waals surface area contributed by atoms with E-state index in [1.807, 2.05) is 0 Å². The number of carbonyl (C=O) groups excluding carboxylic acids is 2. The zero-order chi connectivity index (χ0) is 14.8. The van der Waals surface area contributed by atoms with Gasteiger partial charge >= 0.3 is 0 Å². The molecule has 2 aliphatic rings. The molecule has 1 atom stereocenters. The van der Waals surface area contributed by atoms with Crippen LogP contribution in [0.4, 0.5) is 5.69 Å². The van der Waals surface area contributed by atoms with E-state index in [0.717, 1.165) is 12.8 Å². The Bertz CT molecular complexity index is 555. The number of carbonyl (C=O) groups is 2. The number of halogens is 1. The van der Waals surface area contributed by atoms with Gasteiger partial charge in [0.1, 0.15) is 0 Å². The highest BCUT2D eigenvalue weighted by atomic mass is 35.5. The molecule has 1 aliphatic heterocycles. The largest absolute Gasteiger partial charge is 0.333 e. The maximum absolute atomic E-state index is 12.6. The molecule has 4 nitrogen and oxygen atoms in total. The molecule has 21 heavy (non-hydrogen) atoms. The molecule has 112 valence electrons. The van der Waals surface area contributed by atoms with Crippen molar-refractivity contribution in [3.8, 4) is 0 Å². The predicted octanol–water partition coefficient (Wildman–Crippen LogP) is 1.87. The van der Waals surface area contributed by atoms with Crippen LogP contribution < -0.4 is 10.2 Å². The number of nitrogens with zero attached hydrogens (tertiary/aromatic N) is 1. The summed E-state index contributed by atoms with van der Waals surface area (Å²) >= 11 is 6.12. The number of hydrogen-bond donors (Lipinski definition) is 1. The third-order valence-electron chi connectivity index (χ3n) is 4.43. The average molecular weight is 308 g/mol. The maximum atomic E-state index is 12.6. The summed E-state index contributed by atoms with van der Waals surface area (Å²) in [4.78, 5) is 26.0. The first-order valence-electron chi connectivity index (χ1n) is 7.63. The number of quaternary nitrogens is 1. The molecular formula is C16H20ClN2O2+. The summed E-state index contributed by atoms with van der Waals surface area (Å²) in [5.41, 5.74) is 0.508. The van der Waals surface area contributed by atoms with E-state index in [9.17, 15) is 9.59 Å². The lowest BCUT2D eigenvalue weighted by molar-refractivity contribution is -0.710. The minimum absolute atomic E-state index is 0.126. The molecule has 1 aliphatic carbocycles. The standard InChI is InChI=1S/C16H19ClN2O2/c17-12-8-4-5-9-14(12)19-15(20)10-13(16(19)21)18-11-6-2-1-3-7-11/h4-5,8-9,11,13,18H,1-3,6-7,10H2/p+1/t13-/m0/s1. The van der Waals surface area contributed by atoms with Gasteiger partial charge in [-0.1, -0.05) is 30.2 Å². The summed E-state index contributed by atoms with van der Waals surface area (Å²) in [6, 6.07) is 7.21. The third kappa shape index (κ3) is 2.97. The molecule has 2 fully saturated rings. The Labute approximate surface area is 129 Å². The van der Waals surface area contributed by atoms with Gasteiger partial charge in [0.05, 0.1) is 23.2 Å². The Morgan fingerprint density at radius 1 is 1.10 bits per heavy atom. The van der Waals surface area contributed by atoms with Gasteiger partial charge in [-0.2, -0.15) is 0 Å². The van der Waals surface area contributed by atoms with Gasteiger partial charge in [-0.15, -0.1) is 0 Å². The highest BCUT2D eigenvalue weighted by Gasteiger charge is 2.44. The van der Waals surface area contributed by atoms with Crippen molar-refractivity contribution in [3.05, 3.63) is 29.3 Å². The van der Waals surface area contributed by atoms with Gasteiger partial charge in [-0.25, -0.2) is 4.90 Å². The van der Waals surface area contributed by atoms with Gasteiger partial charge in [0.25, 0.3) is 5.91 Å². The van der Waals surface area contributed by atoms with Crippen LogP contribution in [-0.2, 0) is 9.59 Å². The second-order valence-electron chi connectivity index (χ2n) is 5.92. The number of amides is 2. The number of benzene rings is 1. The molecule has 1 saturated carbocycles. The molecule has 0 radical (unpaired) electrons. The molecule has 2 amide bonds. The fraction of sp³-hybridized carbons (Fsp3) is 0.500. The van der Waals surface area contributed by atoms with Crippen LogP contribution in [0.5, 0.6) is 0 Å². The first-order chi connectivity index (χ1) is 10.2. The van der Waals surface area contributed by atoms with E-state index in [2.05, 4.69) is 5.32 Å². The van der Waals surface area contributed by atoms with Crippen molar-refractivity contribution < 1.29 is 14.9 Å². The number of nitrogens with two attached hydrogens (primary N) is 1. The van der Waals surface area contributed by atoms with Crippen molar-refractivity contribution in [1.82, 2.24) is 0 Å². The number of rotatable bonds is 3. The number of imide groups is 1. The number of hydrogen-bond acceptors (Lipinski definition) is 2. The van der Waals surface area contributed by atoms with Crippen LogP contribution in [0.3, 0.4) is 0 Å². The Balaban J connectivity index is 1.74. The van der Waals surface area contributed by atoms with Crippen LogP contribution in [0.15, 0.2) is 24.3 Å². The fourth-order valence-electron chi connectivity index (χ4n) is 3.35. The summed E-state index contributed by atoms with van der Waals surface area (Å²) in [6.45, 7) is 0. The van der Waals surface area contributed by atoms with Crippen molar-refractivity contribution in [1.29, 1.82) is 0 Å². The zero-order valence-corrected chi connectivity index (χ0v) is 12.7. The van der Waals surface area contributed by atoms with E-state index in [1.165, 1.54) is 24.2 Å². The lowest BCUT2D eigenvalue weighted by atomic mass is 9.95. The summed E-state index contributed by atoms with van der Waals surface area (Å²) in [5, 5.41) is 2.55. The summed E-state index contributed by atoms with van der Waals surface area (Å²) in [5.74, 6) is -0.274. The third-order valence-corrected chi connectivity index (χ3v) is 4.75. The molecule has 0 bridgehead atoms. The van der Waals surface area contributed by atoms with Crippen molar-refractivity contribution >= 4 is 29.1 Å². The average Bonchev–Trinajstić information content (AvgIpc) is 2.76. The zero-order valence-electron chi connectivity index (χ0n) is 11.9. The quantitative estimate of drug-likeness (QED) is 0.867. The van der Waals surface area contributed by atoms with E-state index in [0.29, 0.717) is 16.8 Å². The Morgan fingerprint density at radius 3 is 2.52 bits per heavy atom. The van der Waals surface area contributed by atoms with Crippen LogP contribution in [0.1, 0.15) is 38.5 Å². The van der Waals surface area contributed by atoms with Crippen molar-refractivity contribution in [2.45, 2.75) is 50.6 Å². The number of anilines is 1. The van der Waals surface area contributed by atoms with E-state index in [4.69, 9.17) is 11.6 Å². The van der Waals surface area contributed by atoms with E-state index in [-0.39, 0.29) is 24.3 Å². The van der Waals surface area contributed by atoms with Crippen LogP contribution in [0.25, 0.3) is 0 Å². The molecule has 5 heteroatoms. The Morgan fingerprint density at radius 2 is 1.81 bits per heavy atom. The second kappa shape index (κ2) is 6.16. The second-order valence-corrected chi connectivity index (χ2v) is 6.33. The summed E-state index contributed by atoms with van der Waals surface area (Å²) in [6.07, 6.45) is 6.30. The maximum Gasteiger partial charge on any atom is 0.292 e. The van der Waals surface area contributed by atoms with Crippen LogP contribution in [0.2, 0.25) is 5.02 Å². The molecule has 0 unspecified atom stereocenters. The van der Waals surface area contributed by atoms with Crippen molar-refractivity contribution in [3.63, 3.8) is 0 Å². The Hall–Kier alpha value is -1.39. The summed E-state index contributed by atoms with van der Waals surface area (Å²) < 4.78 is 0. The SMILES string of the molecule is O=C1C[C@H]([NH2+]C2CCCCC2)C(=O)N1c1ccccc1Cl. The van der Waals surface area contributed by atoms with Gasteiger partial charge in [-0.3, -0.25) is 9.59 Å². The predicted molar refractivity (Wildman–Crippen MR) is 81.1 cm³/mol. The van der Waals surface area contributed by atoms with Gasteiger partial charge < -0.3 is 5.32 Å². The van der Waals surface area contributed by atoms with Gasteiger partial charge in [0.15, 0.2) is 6.04 Å². The monoisotopic (exact) mass is 307 g/mol. The minimum Gasteiger partial charge on any atom is -0.333 e. The lowest BCUT2D eigenvalue weighted by Crippen LogP contribution is -2.96. The minimum atomic E-state index is -0.281. The molecular weight excluding hydrogens is 288 g/mol. The van der Waals surface area contributed by atoms with Crippen molar-refractivity contribution in [2.24, 2.45) is 0 Å². The number of para-hydroxylation sites is 1. The molecule has 0 spiro atoms. The fourth-order valence-corrected chi connectivity index (χ4v) is 3.57. The topological polar surface area (TPSA) is 54.0 Å². The van der Waals surface area contributed by atoms with Crippen LogP contribution in [0, 0.1) is 0 Å². The molecule has 1 aromatic carbocycles. The highest BCUT2D eigenvalue weighted by Crippen LogP contribution is 2.29. The molecule has 3 rings (SSSR count). The first-order valence-corrected chi connectivity index (χ1v) is 8.01. The molecule has 1 aromatic rings. The van der Waals surface area contributed by atoms with E-state index >= 15 is 0 Å². The Kier molecular flexibility index (Phi) is 4.27. The van der Waals surface area contributed by atoms with Gasteiger partial charge in [0.2, 0.25) is 5.91 Å². The van der Waals surface area contributed by atoms with Crippen molar-refractivity contribution in [2.75, 3.05) is 4.90 Å². The van der Waals surface area contributed by atoms with Crippen LogP contribution >= 0.6 is 11.6 Å². The normalized spacial score (nSPS) is 23.9. The first kappa shape index (κ1) is 14.5. The summed E-state index contributed by atoms with van der Waals surface area (Å²) in [7, 11) is 0. The van der Waals surface area contributed by atoms with Gasteiger partial charge in [-0.05, 0) is 37.8 Å². The lowest BCUT2D eigenvalue weighted by Gasteiger charge is -2.22. The van der Waals surface area contributed by atoms with E-state index in [1.54, 1.807) is 24.3 Å².